The van der Waals surface area contributed by atoms with Crippen molar-refractivity contribution in [3.8, 4) is 5.75 Å². The maximum absolute atomic E-state index is 13.9. The van der Waals surface area contributed by atoms with Crippen LogP contribution in [-0.4, -0.2) is 71.0 Å². The molecule has 9 nitrogen and oxygen atoms in total. The van der Waals surface area contributed by atoms with Crippen molar-refractivity contribution < 1.29 is 33.7 Å². The van der Waals surface area contributed by atoms with E-state index in [9.17, 15) is 19.8 Å². The summed E-state index contributed by atoms with van der Waals surface area (Å²) < 4.78 is 17.8. The number of ether oxygens (including phenoxy) is 2. The Kier molecular flexibility index (Phi) is 9.16. The molecule has 3 aliphatic rings. The molecule has 1 aromatic carbocycles. The van der Waals surface area contributed by atoms with Crippen LogP contribution in [0.3, 0.4) is 0 Å². The summed E-state index contributed by atoms with van der Waals surface area (Å²) in [7, 11) is 0. The van der Waals surface area contributed by atoms with E-state index in [1.54, 1.807) is 29.6 Å². The number of aliphatic hydroxyl groups is 2. The number of aliphatic hydroxyl groups excluding tert-OH is 2. The zero-order chi connectivity index (χ0) is 29.1. The second-order valence-electron chi connectivity index (χ2n) is 12.0. The van der Waals surface area contributed by atoms with Gasteiger partial charge in [0.2, 0.25) is 11.8 Å². The van der Waals surface area contributed by atoms with Gasteiger partial charge in [0.25, 0.3) is 0 Å². The van der Waals surface area contributed by atoms with E-state index in [2.05, 4.69) is 26.1 Å². The van der Waals surface area contributed by atoms with Crippen molar-refractivity contribution in [2.45, 2.75) is 76.9 Å². The second-order valence-corrected chi connectivity index (χ2v) is 12.0. The first-order chi connectivity index (χ1) is 19.8. The Labute approximate surface area is 241 Å². The molecule has 7 unspecified atom stereocenters. The summed E-state index contributed by atoms with van der Waals surface area (Å²) in [4.78, 5) is 28.9. The van der Waals surface area contributed by atoms with E-state index in [0.717, 1.165) is 30.4 Å². The van der Waals surface area contributed by atoms with Gasteiger partial charge >= 0.3 is 0 Å². The minimum atomic E-state index is -1.10. The summed E-state index contributed by atoms with van der Waals surface area (Å²) >= 11 is 0. The predicted molar refractivity (Wildman–Crippen MR) is 152 cm³/mol. The van der Waals surface area contributed by atoms with E-state index in [1.165, 1.54) is 0 Å². The Morgan fingerprint density at radius 2 is 2.00 bits per heavy atom. The number of nitrogens with zero attached hydrogens (tertiary/aromatic N) is 1. The molecular formula is C32H42N2O7. The van der Waals surface area contributed by atoms with Crippen molar-refractivity contribution in [3.05, 3.63) is 65.6 Å². The lowest BCUT2D eigenvalue weighted by Crippen LogP contribution is -2.56. The van der Waals surface area contributed by atoms with Gasteiger partial charge in [-0.25, -0.2) is 0 Å². The molecule has 2 amide bonds. The molecule has 3 N–H and O–H groups in total. The third-order valence-electron chi connectivity index (χ3n) is 8.87. The highest BCUT2D eigenvalue weighted by Crippen LogP contribution is 2.47. The van der Waals surface area contributed by atoms with Gasteiger partial charge in [-0.05, 0) is 48.8 Å². The fourth-order valence-corrected chi connectivity index (χ4v) is 6.70. The summed E-state index contributed by atoms with van der Waals surface area (Å²) in [6.45, 7) is 6.55. The molecule has 0 spiro atoms. The molecule has 1 aromatic heterocycles. The van der Waals surface area contributed by atoms with Crippen molar-refractivity contribution in [2.75, 3.05) is 19.8 Å². The predicted octanol–water partition coefficient (Wildman–Crippen LogP) is 3.41. The number of benzene rings is 1. The van der Waals surface area contributed by atoms with Crippen LogP contribution in [0.25, 0.3) is 0 Å². The van der Waals surface area contributed by atoms with Crippen LogP contribution in [0, 0.1) is 17.8 Å². The monoisotopic (exact) mass is 566 g/mol. The number of fused-ring (bicyclic) bond motifs is 3. The Balaban J connectivity index is 1.45. The van der Waals surface area contributed by atoms with Gasteiger partial charge in [-0.3, -0.25) is 9.59 Å². The van der Waals surface area contributed by atoms with Crippen LogP contribution in [0.4, 0.5) is 0 Å². The number of rotatable bonds is 10. The lowest BCUT2D eigenvalue weighted by Gasteiger charge is -2.41. The van der Waals surface area contributed by atoms with Crippen LogP contribution in [0.15, 0.2) is 58.9 Å². The number of furan rings is 1. The number of carbonyl (C=O) groups excluding carboxylic acids is 2. The topological polar surface area (TPSA) is 121 Å². The van der Waals surface area contributed by atoms with Crippen molar-refractivity contribution in [1.29, 1.82) is 0 Å². The summed E-state index contributed by atoms with van der Waals surface area (Å²) in [5, 5.41) is 23.8. The standard InChI is InChI=1S/C32H42N2O7/c1-19(2)22-9-8-20(3)14-27(22)40-18-28(36)34(16-21-10-13-39-17-21)25-15-24(32(38)33-11-12-35)29-23-6-4-5-7-26(23)41-31(29)30(25)37/h4-7,10,13,15,17,19-20,22,25,27,29-31,35,37H,8-9,11-12,14,16,18H2,1-3H3,(H,33,38). The maximum atomic E-state index is 13.9. The number of carbonyl (C=O) groups is 2. The first kappa shape index (κ1) is 29.4. The molecule has 9 heteroatoms. The average molecular weight is 567 g/mol. The molecular weight excluding hydrogens is 524 g/mol. The van der Waals surface area contributed by atoms with Crippen LogP contribution in [-0.2, 0) is 20.9 Å². The van der Waals surface area contributed by atoms with Gasteiger partial charge in [0.15, 0.2) is 0 Å². The first-order valence-corrected chi connectivity index (χ1v) is 14.7. The van der Waals surface area contributed by atoms with Crippen molar-refractivity contribution in [3.63, 3.8) is 0 Å². The molecule has 1 fully saturated rings. The number of hydrogen-bond donors (Lipinski definition) is 3. The molecule has 7 atom stereocenters. The summed E-state index contributed by atoms with van der Waals surface area (Å²) in [6, 6.07) is 8.34. The quantitative estimate of drug-likeness (QED) is 0.403. The van der Waals surface area contributed by atoms with Crippen LogP contribution < -0.4 is 10.1 Å². The molecule has 2 aromatic rings. The smallest absolute Gasteiger partial charge is 0.249 e. The number of amides is 2. The molecule has 0 radical (unpaired) electrons. The van der Waals surface area contributed by atoms with Crippen LogP contribution in [0.1, 0.15) is 57.1 Å². The fraction of sp³-hybridized carbons (Fsp3) is 0.562. The van der Waals surface area contributed by atoms with Gasteiger partial charge in [0.1, 0.15) is 24.6 Å². The SMILES string of the molecule is CC1CCC(C(C)C)C(OCC(=O)N(Cc2ccoc2)C2C=C(C(=O)NCCO)C3c4ccccc4OC3C2O)C1. The van der Waals surface area contributed by atoms with Crippen molar-refractivity contribution in [2.24, 2.45) is 17.8 Å². The van der Waals surface area contributed by atoms with E-state index in [1.807, 2.05) is 24.3 Å². The van der Waals surface area contributed by atoms with Gasteiger partial charge < -0.3 is 34.3 Å². The third kappa shape index (κ3) is 6.22. The van der Waals surface area contributed by atoms with Crippen LogP contribution in [0.2, 0.25) is 0 Å². The fourth-order valence-electron chi connectivity index (χ4n) is 6.70. The van der Waals surface area contributed by atoms with E-state index >= 15 is 0 Å². The molecule has 2 aliphatic carbocycles. The minimum absolute atomic E-state index is 0.0119. The maximum Gasteiger partial charge on any atom is 0.249 e. The van der Waals surface area contributed by atoms with Crippen molar-refractivity contribution >= 4 is 11.8 Å². The molecule has 5 rings (SSSR count). The molecule has 1 aliphatic heterocycles. The van der Waals surface area contributed by atoms with E-state index < -0.39 is 24.2 Å². The molecule has 41 heavy (non-hydrogen) atoms. The Morgan fingerprint density at radius 1 is 1.20 bits per heavy atom. The van der Waals surface area contributed by atoms with E-state index in [-0.39, 0.29) is 44.2 Å². The first-order valence-electron chi connectivity index (χ1n) is 14.7. The Bertz CT molecular complexity index is 1230. The lowest BCUT2D eigenvalue weighted by atomic mass is 9.75. The molecule has 2 heterocycles. The largest absolute Gasteiger partial charge is 0.486 e. The van der Waals surface area contributed by atoms with Gasteiger partial charge in [-0.15, -0.1) is 0 Å². The van der Waals surface area contributed by atoms with E-state index in [4.69, 9.17) is 13.9 Å². The molecule has 222 valence electrons. The molecule has 0 bridgehead atoms. The normalized spacial score (nSPS) is 28.8. The highest BCUT2D eigenvalue weighted by Gasteiger charge is 2.50. The number of para-hydroxylation sites is 1. The summed E-state index contributed by atoms with van der Waals surface area (Å²) in [6.07, 6.45) is 6.06. The van der Waals surface area contributed by atoms with Crippen molar-refractivity contribution in [1.82, 2.24) is 10.2 Å². The highest BCUT2D eigenvalue weighted by atomic mass is 16.5. The Hall–Kier alpha value is -3.14. The minimum Gasteiger partial charge on any atom is -0.486 e. The number of hydrogen-bond acceptors (Lipinski definition) is 7. The highest BCUT2D eigenvalue weighted by molar-refractivity contribution is 5.96. The second kappa shape index (κ2) is 12.8. The third-order valence-corrected chi connectivity index (χ3v) is 8.87. The van der Waals surface area contributed by atoms with Crippen LogP contribution in [0.5, 0.6) is 5.75 Å². The van der Waals surface area contributed by atoms with Gasteiger partial charge in [0, 0.05) is 29.8 Å². The summed E-state index contributed by atoms with van der Waals surface area (Å²) in [5.41, 5.74) is 1.97. The Morgan fingerprint density at radius 3 is 2.73 bits per heavy atom. The lowest BCUT2D eigenvalue weighted by molar-refractivity contribution is -0.148. The number of nitrogens with one attached hydrogen (secondary N) is 1. The van der Waals surface area contributed by atoms with Gasteiger partial charge in [0.05, 0.1) is 37.2 Å². The zero-order valence-electron chi connectivity index (χ0n) is 24.1. The van der Waals surface area contributed by atoms with Crippen LogP contribution >= 0.6 is 0 Å². The van der Waals surface area contributed by atoms with Gasteiger partial charge in [-0.2, -0.15) is 0 Å². The zero-order valence-corrected chi connectivity index (χ0v) is 24.1. The average Bonchev–Trinajstić information content (AvgIpc) is 3.62. The molecule has 1 saturated carbocycles. The van der Waals surface area contributed by atoms with E-state index in [0.29, 0.717) is 29.1 Å². The molecule has 0 saturated heterocycles. The summed E-state index contributed by atoms with van der Waals surface area (Å²) in [5.74, 6) is 0.818. The van der Waals surface area contributed by atoms with Gasteiger partial charge in [-0.1, -0.05) is 45.4 Å².